The van der Waals surface area contributed by atoms with Gasteiger partial charge in [-0.3, -0.25) is 81.5 Å². The zero-order valence-electron chi connectivity index (χ0n) is 75.0. The van der Waals surface area contributed by atoms with E-state index in [1.807, 2.05) is 13.8 Å². The third-order valence-electron chi connectivity index (χ3n) is 23.0. The van der Waals surface area contributed by atoms with E-state index in [0.717, 1.165) is 26.5 Å². The summed E-state index contributed by atoms with van der Waals surface area (Å²) in [4.78, 5) is 267. The minimum absolute atomic E-state index is 0.0176. The molecule has 0 spiro atoms. The molecule has 8 rings (SSSR count). The summed E-state index contributed by atoms with van der Waals surface area (Å²) in [7, 11) is 5.33. The smallest absolute Gasteiger partial charge is 0.246 e. The summed E-state index contributed by atoms with van der Waals surface area (Å²) in [5.41, 5.74) is 14.5. The van der Waals surface area contributed by atoms with E-state index < -0.39 is 217 Å². The van der Waals surface area contributed by atoms with Crippen LogP contribution < -0.4 is 64.6 Å². The van der Waals surface area contributed by atoms with Gasteiger partial charge in [-0.1, -0.05) is 140 Å². The van der Waals surface area contributed by atoms with Crippen LogP contribution in [0.4, 0.5) is 0 Å². The molecule has 3 aromatic heterocycles. The van der Waals surface area contributed by atoms with Crippen molar-refractivity contribution in [1.29, 1.82) is 0 Å². The highest BCUT2D eigenvalue weighted by molar-refractivity contribution is 8.00. The van der Waals surface area contributed by atoms with Crippen molar-refractivity contribution in [1.82, 2.24) is 97.6 Å². The maximum Gasteiger partial charge on any atom is 0.246 e. The van der Waals surface area contributed by atoms with Crippen molar-refractivity contribution in [2.24, 2.45) is 23.3 Å². The lowest BCUT2D eigenvalue weighted by atomic mass is 9.99. The lowest BCUT2D eigenvalue weighted by molar-refractivity contribution is -0.149. The van der Waals surface area contributed by atoms with Crippen molar-refractivity contribution in [2.45, 2.75) is 223 Å². The van der Waals surface area contributed by atoms with Crippen molar-refractivity contribution in [2.75, 3.05) is 65.9 Å². The van der Waals surface area contributed by atoms with Gasteiger partial charge in [-0.05, 0) is 79.7 Å². The largest absolute Gasteiger partial charge is 0.394 e. The van der Waals surface area contributed by atoms with E-state index in [-0.39, 0.29) is 76.0 Å². The van der Waals surface area contributed by atoms with Gasteiger partial charge < -0.3 is 109 Å². The van der Waals surface area contributed by atoms with Crippen LogP contribution in [0.1, 0.15) is 141 Å². The number of H-pyrrole nitrogens is 3. The third kappa shape index (κ3) is 28.9. The molecule has 0 radical (unpaired) electrons. The number of thioether (sulfide) groups is 1. The fraction of sp³-hybridized carbons (Fsp3) is 0.528. The molecule has 6 aromatic rings. The normalized spacial score (nSPS) is 23.9. The van der Waals surface area contributed by atoms with Gasteiger partial charge in [0.2, 0.25) is 100 Å². The number of rotatable bonds is 24. The second-order valence-electron chi connectivity index (χ2n) is 33.7. The Morgan fingerprint density at radius 3 is 1.68 bits per heavy atom. The fourth-order valence-electron chi connectivity index (χ4n) is 15.7. The molecule has 3 aromatic carbocycles. The number of likely N-dealkylation sites (N-methyl/N-ethyl adjacent to an activating group) is 4. The van der Waals surface area contributed by atoms with Crippen LogP contribution in [-0.2, 0) is 107 Å². The minimum Gasteiger partial charge on any atom is -0.394 e. The second-order valence-corrected chi connectivity index (χ2v) is 34.7. The maximum absolute atomic E-state index is 15.7. The molecule has 0 bridgehead atoms. The molecular weight excluding hydrogens is 1680 g/mol. The first-order valence-electron chi connectivity index (χ1n) is 43.6. The highest BCUT2D eigenvalue weighted by Gasteiger charge is 2.44. The summed E-state index contributed by atoms with van der Waals surface area (Å²) < 4.78 is 0. The van der Waals surface area contributed by atoms with Crippen LogP contribution in [0, 0.1) is 11.8 Å². The number of carbonyl (C=O) groups excluding carboxylic acids is 17. The highest BCUT2D eigenvalue weighted by atomic mass is 32.2. The van der Waals surface area contributed by atoms with Crippen LogP contribution in [0.2, 0.25) is 0 Å². The number of para-hydroxylation sites is 2. The van der Waals surface area contributed by atoms with Crippen LogP contribution in [0.15, 0.2) is 104 Å². The SMILES string of the molecule is CCCCC[C@H]1C(=O)N(C)[C@@H](CCCC)C(=O)N[C@@H](C(C)C)C(=O)N[C@H](C(=O)NCC(N)=O)CSCC(=O)N[C@@H](Cc2ccccc2)C(=O)N(C)[C@@H](C)C(=O)N[C@@H](CC(N)=O)C(=O)N2CCC[C@H]2C(=O)N[C@@H](Cc2cnc[nH]2)C(=O)N[C@@H](CC(C)C)C(=O)N(C)CC(=O)N[C@@H](Cc2c[nH]c3ccccc23)C(=O)N[C@@H](CO)C(=O)N[C@@H](Cc2c[nH]c3ccccc23)C(=O)N1C. The predicted molar refractivity (Wildman–Crippen MR) is 480 cm³/mol. The van der Waals surface area contributed by atoms with E-state index in [1.165, 1.54) is 57.4 Å². The minimum atomic E-state index is -1.83. The molecule has 2 fully saturated rings. The standard InChI is InChI=1S/C89H125N21O18S/c1-12-14-17-32-71-89(128)108(10)69(31-15-13-2)82(121)105-76(51(5)6)84(123)104-68(78(117)95-44-73(91)113)47-129-48-75(115)98-64(36-53-25-18-16-19-26-53)86(125)107(9)52(7)77(116)100-66(40-72(90)112)88(127)110-34-24-33-70(110)83(122)99-62(39-56-43-92-49-96-56)80(119)101-63(35-50(3)4)85(124)106(8)45-74(114)97-61(37-54-41-93-59-29-22-20-27-57(54)59)79(118)103-67(46-111)81(120)102-65(87(126)109(71)11)38-55-42-94-60-30-23-21-28-58(55)60/h16,18-23,25-30,41-43,49-52,61-71,76,93-94,111H,12-15,17,24,31-40,44-48H2,1-11H3,(H2,90,112)(H2,91,113)(H,92,96)(H,95,117)(H,97,114)(H,98,115)(H,99,122)(H,100,116)(H,101,119)(H,102,120)(H,103,118)(H,104,123)(H,105,121)/t52-,61-,62-,63-,64-,65-,66-,67-,68-,69-,70-,71-,76-/m0/s1. The molecule has 2 aliphatic rings. The number of carbonyl (C=O) groups is 17. The number of aliphatic hydroxyl groups is 1. The van der Waals surface area contributed by atoms with Crippen LogP contribution in [-0.4, -0.2) is 294 Å². The number of aliphatic hydroxyl groups excluding tert-OH is 1. The highest BCUT2D eigenvalue weighted by Crippen LogP contribution is 2.26. The number of hydrogen-bond acceptors (Lipinski definition) is 20. The van der Waals surface area contributed by atoms with E-state index >= 15 is 24.0 Å². The molecule has 0 saturated carbocycles. The summed E-state index contributed by atoms with van der Waals surface area (Å²) in [6, 6.07) is 3.46. The molecule has 2 aliphatic heterocycles. The Labute approximate surface area is 753 Å². The van der Waals surface area contributed by atoms with Crippen LogP contribution in [0.5, 0.6) is 0 Å². The van der Waals surface area contributed by atoms with Crippen LogP contribution in [0.3, 0.4) is 0 Å². The molecule has 18 N–H and O–H groups in total. The van der Waals surface area contributed by atoms with Gasteiger partial charge in [0.05, 0.1) is 38.2 Å². The molecule has 39 nitrogen and oxygen atoms in total. The van der Waals surface area contributed by atoms with Gasteiger partial charge in [0.15, 0.2) is 0 Å². The van der Waals surface area contributed by atoms with Gasteiger partial charge >= 0.3 is 0 Å². The Morgan fingerprint density at radius 2 is 1.09 bits per heavy atom. The number of hydrogen-bond donors (Lipinski definition) is 16. The summed E-state index contributed by atoms with van der Waals surface area (Å²) >= 11 is 0.828. The molecule has 129 heavy (non-hydrogen) atoms. The molecule has 0 unspecified atom stereocenters. The number of nitrogens with two attached hydrogens (primary N) is 2. The number of nitrogens with zero attached hydrogens (tertiary/aromatic N) is 6. The Balaban J connectivity index is 1.17. The quantitative estimate of drug-likeness (QED) is 0.0344. The number of fused-ring (bicyclic) bond motifs is 3. The zero-order valence-corrected chi connectivity index (χ0v) is 75.8. The van der Waals surface area contributed by atoms with Gasteiger partial charge in [0, 0.05) is 112 Å². The van der Waals surface area contributed by atoms with Crippen molar-refractivity contribution >= 4 is 134 Å². The first-order chi connectivity index (χ1) is 61.4. The van der Waals surface area contributed by atoms with Gasteiger partial charge in [0.25, 0.3) is 0 Å². The summed E-state index contributed by atoms with van der Waals surface area (Å²) in [6.07, 6.45) is 7.28. The average Bonchev–Trinajstić information content (AvgIpc) is 1.66. The topological polar surface area (TPSA) is 559 Å². The molecular formula is C89H125N21O18S. The van der Waals surface area contributed by atoms with E-state index in [1.54, 1.807) is 119 Å². The Kier molecular flexibility index (Phi) is 38.6. The molecule has 17 amide bonds. The number of unbranched alkanes of at least 4 members (excludes halogenated alkanes) is 3. The van der Waals surface area contributed by atoms with Gasteiger partial charge in [-0.15, -0.1) is 11.8 Å². The molecule has 0 aliphatic carbocycles. The van der Waals surface area contributed by atoms with Crippen molar-refractivity contribution in [3.8, 4) is 0 Å². The summed E-state index contributed by atoms with van der Waals surface area (Å²) in [6.45, 7) is 9.36. The second kappa shape index (κ2) is 49.0. The Morgan fingerprint density at radius 1 is 0.535 bits per heavy atom. The first-order valence-corrected chi connectivity index (χ1v) is 44.8. The number of primary amides is 2. The van der Waals surface area contributed by atoms with Gasteiger partial charge in [0.1, 0.15) is 78.5 Å². The van der Waals surface area contributed by atoms with Crippen molar-refractivity contribution in [3.63, 3.8) is 0 Å². The molecule has 2 saturated heterocycles. The maximum atomic E-state index is 15.7. The lowest BCUT2D eigenvalue weighted by Gasteiger charge is -2.36. The first kappa shape index (κ1) is 102. The molecule has 700 valence electrons. The van der Waals surface area contributed by atoms with Crippen LogP contribution >= 0.6 is 11.8 Å². The van der Waals surface area contributed by atoms with Gasteiger partial charge in [-0.25, -0.2) is 4.98 Å². The molecule has 40 heteroatoms. The number of imidazole rings is 1. The lowest BCUT2D eigenvalue weighted by Crippen LogP contribution is -2.61. The number of nitrogens with one attached hydrogen (secondary N) is 13. The predicted octanol–water partition coefficient (Wildman–Crippen LogP) is -0.355. The number of aromatic nitrogens is 4. The van der Waals surface area contributed by atoms with E-state index in [2.05, 4.69) is 73.1 Å². The molecule has 13 atom stereocenters. The van der Waals surface area contributed by atoms with E-state index in [4.69, 9.17) is 11.5 Å². The number of benzene rings is 3. The van der Waals surface area contributed by atoms with Crippen molar-refractivity contribution < 1.29 is 86.6 Å². The van der Waals surface area contributed by atoms with E-state index in [9.17, 15) is 62.6 Å². The summed E-state index contributed by atoms with van der Waals surface area (Å²) in [5.74, 6) is -16.9. The van der Waals surface area contributed by atoms with Crippen LogP contribution in [0.25, 0.3) is 21.8 Å². The number of amides is 17. The Bertz CT molecular complexity index is 4930. The zero-order chi connectivity index (χ0) is 94.5. The fourth-order valence-corrected chi connectivity index (χ4v) is 16.6. The molecule has 5 heterocycles. The number of aromatic amines is 3. The monoisotopic (exact) mass is 1810 g/mol. The van der Waals surface area contributed by atoms with Gasteiger partial charge in [-0.2, -0.15) is 0 Å². The van der Waals surface area contributed by atoms with E-state index in [0.29, 0.717) is 76.3 Å². The Hall–Kier alpha value is -12.8. The summed E-state index contributed by atoms with van der Waals surface area (Å²) in [5, 5.41) is 39.1. The third-order valence-corrected chi connectivity index (χ3v) is 24.1. The average molecular weight is 1810 g/mol. The van der Waals surface area contributed by atoms with Crippen molar-refractivity contribution in [3.05, 3.63) is 126 Å².